The number of carbonyl (C=O) groups excluding carboxylic acids is 2. The van der Waals surface area contributed by atoms with Crippen LogP contribution in [-0.4, -0.2) is 28.9 Å². The van der Waals surface area contributed by atoms with Crippen molar-refractivity contribution in [1.29, 1.82) is 5.26 Å². The molecule has 2 amide bonds. The van der Waals surface area contributed by atoms with Crippen molar-refractivity contribution in [3.05, 3.63) is 47.3 Å². The van der Waals surface area contributed by atoms with Gasteiger partial charge in [-0.15, -0.1) is 0 Å². The number of hydrogen-bond donors (Lipinski definition) is 4. The minimum Gasteiger partial charge on any atom is -0.399 e. The molecule has 0 spiro atoms. The summed E-state index contributed by atoms with van der Waals surface area (Å²) in [7, 11) is 0. The molecule has 7 N–H and O–H groups in total. The van der Waals surface area contributed by atoms with Gasteiger partial charge in [-0.25, -0.2) is 5.84 Å². The second-order valence-electron chi connectivity index (χ2n) is 5.38. The Kier molecular flexibility index (Phi) is 4.52. The van der Waals surface area contributed by atoms with E-state index in [0.29, 0.717) is 29.7 Å². The summed E-state index contributed by atoms with van der Waals surface area (Å²) in [6.45, 7) is 0.0889. The van der Waals surface area contributed by atoms with E-state index in [-0.39, 0.29) is 12.5 Å². The van der Waals surface area contributed by atoms with E-state index in [2.05, 4.69) is 11.4 Å². The van der Waals surface area contributed by atoms with Crippen LogP contribution in [0.25, 0.3) is 0 Å². The summed E-state index contributed by atoms with van der Waals surface area (Å²) in [5.74, 6) is 4.88. The molecule has 1 aromatic carbocycles. The van der Waals surface area contributed by atoms with Crippen molar-refractivity contribution >= 4 is 11.8 Å². The third-order valence-electron chi connectivity index (χ3n) is 3.62. The number of hydrazine groups is 1. The number of primary amides is 1. The number of benzene rings is 1. The van der Waals surface area contributed by atoms with Gasteiger partial charge < -0.3 is 16.8 Å². The summed E-state index contributed by atoms with van der Waals surface area (Å²) in [6.07, 6.45) is 2.84. The number of rotatable bonds is 6. The maximum absolute atomic E-state index is 12.0. The SMILES string of the molecule is N#CC1(N(N)/C=C(\N)CNC(=O)c2ccc(C(N)=O)cc2)CC1. The van der Waals surface area contributed by atoms with Crippen LogP contribution in [0.1, 0.15) is 33.6 Å². The molecular formula is C15H18N6O2. The van der Waals surface area contributed by atoms with E-state index in [9.17, 15) is 9.59 Å². The van der Waals surface area contributed by atoms with Crippen molar-refractivity contribution in [2.45, 2.75) is 18.4 Å². The maximum atomic E-state index is 12.0. The molecule has 0 heterocycles. The summed E-state index contributed by atoms with van der Waals surface area (Å²) in [5.41, 5.74) is 11.3. The second-order valence-corrected chi connectivity index (χ2v) is 5.38. The molecule has 1 aromatic rings. The zero-order chi connectivity index (χ0) is 17.0. The summed E-state index contributed by atoms with van der Waals surface area (Å²) < 4.78 is 0. The van der Waals surface area contributed by atoms with Crippen LogP contribution in [0, 0.1) is 11.3 Å². The molecule has 0 saturated heterocycles. The molecule has 0 aromatic heterocycles. The summed E-state index contributed by atoms with van der Waals surface area (Å²) in [6, 6.07) is 8.09. The van der Waals surface area contributed by atoms with Crippen LogP contribution in [-0.2, 0) is 0 Å². The average molecular weight is 314 g/mol. The molecule has 1 aliphatic rings. The Labute approximate surface area is 133 Å². The van der Waals surface area contributed by atoms with Gasteiger partial charge in [0, 0.05) is 23.0 Å². The highest BCUT2D eigenvalue weighted by molar-refractivity contribution is 5.97. The monoisotopic (exact) mass is 314 g/mol. The Balaban J connectivity index is 1.91. The van der Waals surface area contributed by atoms with Crippen LogP contribution in [0.15, 0.2) is 36.2 Å². The van der Waals surface area contributed by atoms with Crippen molar-refractivity contribution in [3.63, 3.8) is 0 Å². The number of amides is 2. The number of hydrogen-bond acceptors (Lipinski definition) is 6. The van der Waals surface area contributed by atoms with Crippen molar-refractivity contribution in [2.75, 3.05) is 6.54 Å². The number of nitriles is 1. The molecule has 0 unspecified atom stereocenters. The topological polar surface area (TPSA) is 151 Å². The van der Waals surface area contributed by atoms with E-state index in [4.69, 9.17) is 22.6 Å². The van der Waals surface area contributed by atoms with Crippen LogP contribution < -0.4 is 22.6 Å². The number of carbonyl (C=O) groups is 2. The number of nitrogens with zero attached hydrogens (tertiary/aromatic N) is 2. The summed E-state index contributed by atoms with van der Waals surface area (Å²) >= 11 is 0. The fourth-order valence-electron chi connectivity index (χ4n) is 1.96. The van der Waals surface area contributed by atoms with Crippen molar-refractivity contribution in [1.82, 2.24) is 10.3 Å². The van der Waals surface area contributed by atoms with Gasteiger partial charge in [-0.05, 0) is 37.1 Å². The van der Waals surface area contributed by atoms with E-state index in [1.165, 1.54) is 35.5 Å². The quantitative estimate of drug-likeness (QED) is 0.412. The first-order valence-corrected chi connectivity index (χ1v) is 6.97. The molecule has 1 saturated carbocycles. The van der Waals surface area contributed by atoms with Gasteiger partial charge in [0.25, 0.3) is 5.91 Å². The molecule has 2 rings (SSSR count). The molecule has 0 aliphatic heterocycles. The first-order valence-electron chi connectivity index (χ1n) is 6.97. The molecule has 0 bridgehead atoms. The fraction of sp³-hybridized carbons (Fsp3) is 0.267. The molecular weight excluding hydrogens is 296 g/mol. The van der Waals surface area contributed by atoms with Crippen LogP contribution in [0.5, 0.6) is 0 Å². The standard InChI is InChI=1S/C15H18N6O2/c16-9-15(5-6-15)21(19)8-12(17)7-20-14(23)11-3-1-10(2-4-11)13(18)22/h1-4,8H,5-7,17,19H2,(H2,18,22)(H,20,23)/b12-8-. The van der Waals surface area contributed by atoms with Gasteiger partial charge in [-0.1, -0.05) is 0 Å². The van der Waals surface area contributed by atoms with Gasteiger partial charge in [0.2, 0.25) is 5.91 Å². The molecule has 23 heavy (non-hydrogen) atoms. The van der Waals surface area contributed by atoms with Crippen LogP contribution in [0.4, 0.5) is 0 Å². The Morgan fingerprint density at radius 2 is 1.83 bits per heavy atom. The molecule has 1 fully saturated rings. The smallest absolute Gasteiger partial charge is 0.251 e. The first kappa shape index (κ1) is 16.3. The van der Waals surface area contributed by atoms with Crippen LogP contribution in [0.2, 0.25) is 0 Å². The van der Waals surface area contributed by atoms with Crippen LogP contribution >= 0.6 is 0 Å². The van der Waals surface area contributed by atoms with E-state index in [0.717, 1.165) is 0 Å². The predicted octanol–water partition coefficient (Wildman–Crippen LogP) is -0.453. The minimum absolute atomic E-state index is 0.0889. The van der Waals surface area contributed by atoms with Gasteiger partial charge in [0.15, 0.2) is 0 Å². The zero-order valence-electron chi connectivity index (χ0n) is 12.5. The lowest BCUT2D eigenvalue weighted by Gasteiger charge is -2.20. The molecule has 1 aliphatic carbocycles. The summed E-state index contributed by atoms with van der Waals surface area (Å²) in [4.78, 5) is 22.9. The Morgan fingerprint density at radius 1 is 1.26 bits per heavy atom. The van der Waals surface area contributed by atoms with Gasteiger partial charge in [0.1, 0.15) is 5.54 Å². The number of nitrogens with two attached hydrogens (primary N) is 3. The third kappa shape index (κ3) is 3.78. The Hall–Kier alpha value is -3.05. The molecule has 0 atom stereocenters. The lowest BCUT2D eigenvalue weighted by molar-refractivity contribution is 0.0953. The van der Waals surface area contributed by atoms with E-state index < -0.39 is 11.4 Å². The van der Waals surface area contributed by atoms with Gasteiger partial charge in [-0.2, -0.15) is 5.26 Å². The number of nitrogens with one attached hydrogen (secondary N) is 1. The van der Waals surface area contributed by atoms with Crippen molar-refractivity contribution < 1.29 is 9.59 Å². The van der Waals surface area contributed by atoms with Crippen molar-refractivity contribution in [3.8, 4) is 6.07 Å². The lowest BCUT2D eigenvalue weighted by Crippen LogP contribution is -2.39. The zero-order valence-corrected chi connectivity index (χ0v) is 12.5. The fourth-order valence-corrected chi connectivity index (χ4v) is 1.96. The Morgan fingerprint density at radius 3 is 2.30 bits per heavy atom. The maximum Gasteiger partial charge on any atom is 0.251 e. The Bertz CT molecular complexity index is 685. The second kappa shape index (κ2) is 6.37. The van der Waals surface area contributed by atoms with Gasteiger partial charge >= 0.3 is 0 Å². The van der Waals surface area contributed by atoms with Gasteiger partial charge in [-0.3, -0.25) is 14.6 Å². The molecule has 120 valence electrons. The van der Waals surface area contributed by atoms with E-state index in [1.807, 2.05) is 0 Å². The highest BCUT2D eigenvalue weighted by Gasteiger charge is 2.47. The minimum atomic E-state index is -0.667. The molecule has 8 nitrogen and oxygen atoms in total. The highest BCUT2D eigenvalue weighted by Crippen LogP contribution is 2.39. The third-order valence-corrected chi connectivity index (χ3v) is 3.62. The normalized spacial score (nSPS) is 15.4. The van der Waals surface area contributed by atoms with Gasteiger partial charge in [0.05, 0.1) is 12.6 Å². The summed E-state index contributed by atoms with van der Waals surface area (Å²) in [5, 5.41) is 12.9. The predicted molar refractivity (Wildman–Crippen MR) is 83.2 cm³/mol. The largest absolute Gasteiger partial charge is 0.399 e. The molecule has 8 heteroatoms. The van der Waals surface area contributed by atoms with Crippen molar-refractivity contribution in [2.24, 2.45) is 17.3 Å². The first-order chi connectivity index (χ1) is 10.9. The average Bonchev–Trinajstić information content (AvgIpc) is 3.34. The van der Waals surface area contributed by atoms with E-state index >= 15 is 0 Å². The lowest BCUT2D eigenvalue weighted by atomic mass is 10.1. The van der Waals surface area contributed by atoms with Crippen LogP contribution in [0.3, 0.4) is 0 Å². The molecule has 0 radical (unpaired) electrons. The van der Waals surface area contributed by atoms with E-state index in [1.54, 1.807) is 0 Å². The highest BCUT2D eigenvalue weighted by atomic mass is 16.2.